The van der Waals surface area contributed by atoms with Crippen LogP contribution in [0.2, 0.25) is 0 Å². The van der Waals surface area contributed by atoms with Gasteiger partial charge < -0.3 is 5.32 Å². The molecule has 1 aromatic heterocycles. The monoisotopic (exact) mass is 301 g/mol. The lowest BCUT2D eigenvalue weighted by molar-refractivity contribution is -0.139. The van der Waals surface area contributed by atoms with E-state index in [4.69, 9.17) is 0 Å². The van der Waals surface area contributed by atoms with Crippen LogP contribution in [0.4, 0.5) is 0 Å². The van der Waals surface area contributed by atoms with Gasteiger partial charge in [-0.25, -0.2) is 5.43 Å². The third-order valence-electron chi connectivity index (χ3n) is 2.75. The molecule has 2 amide bonds. The highest BCUT2D eigenvalue weighted by Crippen LogP contribution is 2.10. The predicted octanol–water partition coefficient (Wildman–Crippen LogP) is 2.08. The second-order valence-corrected chi connectivity index (χ2v) is 5.30. The van der Waals surface area contributed by atoms with E-state index in [2.05, 4.69) is 15.8 Å². The van der Waals surface area contributed by atoms with Gasteiger partial charge >= 0.3 is 11.8 Å². The molecule has 0 saturated carbocycles. The van der Waals surface area contributed by atoms with Crippen LogP contribution in [0.25, 0.3) is 0 Å². The lowest BCUT2D eigenvalue weighted by atomic mass is 10.1. The van der Waals surface area contributed by atoms with Gasteiger partial charge in [0.15, 0.2) is 0 Å². The summed E-state index contributed by atoms with van der Waals surface area (Å²) in [5.41, 5.74) is 3.13. The number of nitrogens with one attached hydrogen (secondary N) is 2. The molecule has 1 heterocycles. The molecular weight excluding hydrogens is 286 g/mol. The minimum atomic E-state index is -0.786. The Kier molecular flexibility index (Phi) is 5.22. The van der Waals surface area contributed by atoms with E-state index in [0.29, 0.717) is 0 Å². The van der Waals surface area contributed by atoms with E-state index in [0.717, 1.165) is 10.4 Å². The molecule has 0 spiro atoms. The summed E-state index contributed by atoms with van der Waals surface area (Å²) in [6.07, 6.45) is 1.50. The number of rotatable bonds is 4. The Labute approximate surface area is 126 Å². The minimum Gasteiger partial charge on any atom is -0.341 e. The lowest BCUT2D eigenvalue weighted by Gasteiger charge is -2.13. The zero-order chi connectivity index (χ0) is 15.1. The van der Waals surface area contributed by atoms with Crippen LogP contribution in [0.5, 0.6) is 0 Å². The first-order valence-corrected chi connectivity index (χ1v) is 7.27. The average Bonchev–Trinajstić information content (AvgIpc) is 3.01. The van der Waals surface area contributed by atoms with E-state index in [9.17, 15) is 9.59 Å². The van der Waals surface area contributed by atoms with E-state index in [1.165, 1.54) is 17.6 Å². The summed E-state index contributed by atoms with van der Waals surface area (Å²) >= 11 is 1.49. The van der Waals surface area contributed by atoms with Gasteiger partial charge in [-0.2, -0.15) is 5.10 Å². The summed E-state index contributed by atoms with van der Waals surface area (Å²) in [4.78, 5) is 24.2. The second-order valence-electron chi connectivity index (χ2n) is 4.32. The van der Waals surface area contributed by atoms with Crippen LogP contribution < -0.4 is 10.7 Å². The Bertz CT molecular complexity index is 624. The molecule has 0 aliphatic heterocycles. The molecule has 2 N–H and O–H groups in total. The molecule has 2 rings (SSSR count). The number of thiophene rings is 1. The Morgan fingerprint density at radius 2 is 1.90 bits per heavy atom. The lowest BCUT2D eigenvalue weighted by Crippen LogP contribution is -2.39. The van der Waals surface area contributed by atoms with Crippen molar-refractivity contribution in [1.29, 1.82) is 0 Å². The van der Waals surface area contributed by atoms with E-state index in [1.54, 1.807) is 0 Å². The van der Waals surface area contributed by atoms with Gasteiger partial charge in [-0.1, -0.05) is 36.4 Å². The molecule has 0 fully saturated rings. The van der Waals surface area contributed by atoms with Gasteiger partial charge in [0.05, 0.1) is 12.3 Å². The van der Waals surface area contributed by atoms with Crippen molar-refractivity contribution >= 4 is 29.4 Å². The zero-order valence-electron chi connectivity index (χ0n) is 11.4. The van der Waals surface area contributed by atoms with Crippen molar-refractivity contribution in [3.05, 3.63) is 58.3 Å². The molecule has 1 aromatic carbocycles. The molecule has 1 atom stereocenters. The third-order valence-corrected chi connectivity index (χ3v) is 3.56. The number of nitrogens with zero attached hydrogens (tertiary/aromatic N) is 1. The molecular formula is C15H15N3O2S. The van der Waals surface area contributed by atoms with Crippen molar-refractivity contribution in [3.8, 4) is 0 Å². The maximum Gasteiger partial charge on any atom is 0.329 e. The number of hydrazone groups is 1. The summed E-state index contributed by atoms with van der Waals surface area (Å²) in [7, 11) is 0. The van der Waals surface area contributed by atoms with Crippen LogP contribution in [-0.2, 0) is 9.59 Å². The van der Waals surface area contributed by atoms with Gasteiger partial charge in [0.1, 0.15) is 0 Å². The molecule has 6 heteroatoms. The minimum absolute atomic E-state index is 0.245. The molecule has 0 unspecified atom stereocenters. The van der Waals surface area contributed by atoms with Crippen molar-refractivity contribution in [3.63, 3.8) is 0 Å². The van der Waals surface area contributed by atoms with Gasteiger partial charge in [-0.05, 0) is 23.9 Å². The maximum absolute atomic E-state index is 11.7. The molecule has 0 radical (unpaired) electrons. The third kappa shape index (κ3) is 4.54. The van der Waals surface area contributed by atoms with Gasteiger partial charge in [0.2, 0.25) is 0 Å². The first kappa shape index (κ1) is 14.9. The van der Waals surface area contributed by atoms with E-state index in [-0.39, 0.29) is 6.04 Å². The van der Waals surface area contributed by atoms with Crippen LogP contribution in [0, 0.1) is 0 Å². The Morgan fingerprint density at radius 1 is 1.14 bits per heavy atom. The number of carbonyl (C=O) groups excluding carboxylic acids is 2. The molecule has 0 aliphatic carbocycles. The molecule has 108 valence electrons. The first-order valence-electron chi connectivity index (χ1n) is 6.39. The summed E-state index contributed by atoms with van der Waals surface area (Å²) in [5.74, 6) is -1.50. The largest absolute Gasteiger partial charge is 0.341 e. The first-order chi connectivity index (χ1) is 10.2. The summed E-state index contributed by atoms with van der Waals surface area (Å²) in [6.45, 7) is 1.81. The fourth-order valence-corrected chi connectivity index (χ4v) is 2.24. The fourth-order valence-electron chi connectivity index (χ4n) is 1.66. The highest BCUT2D eigenvalue weighted by atomic mass is 32.1. The van der Waals surface area contributed by atoms with Gasteiger partial charge in [0.25, 0.3) is 0 Å². The van der Waals surface area contributed by atoms with Crippen molar-refractivity contribution in [2.45, 2.75) is 13.0 Å². The summed E-state index contributed by atoms with van der Waals surface area (Å²) in [5, 5.41) is 8.26. The van der Waals surface area contributed by atoms with Gasteiger partial charge in [-0.3, -0.25) is 9.59 Å². The average molecular weight is 301 g/mol. The smallest absolute Gasteiger partial charge is 0.329 e. The van der Waals surface area contributed by atoms with Crippen LogP contribution >= 0.6 is 11.3 Å². The Morgan fingerprint density at radius 3 is 2.57 bits per heavy atom. The molecule has 5 nitrogen and oxygen atoms in total. The van der Waals surface area contributed by atoms with E-state index >= 15 is 0 Å². The number of benzene rings is 1. The van der Waals surface area contributed by atoms with Crippen LogP contribution in [0.1, 0.15) is 23.4 Å². The van der Waals surface area contributed by atoms with Crippen molar-refractivity contribution in [2.24, 2.45) is 5.10 Å². The number of carbonyl (C=O) groups is 2. The fraction of sp³-hybridized carbons (Fsp3) is 0.133. The van der Waals surface area contributed by atoms with Gasteiger partial charge in [-0.15, -0.1) is 11.3 Å². The normalized spacial score (nSPS) is 12.0. The number of hydrogen-bond acceptors (Lipinski definition) is 4. The van der Waals surface area contributed by atoms with Crippen molar-refractivity contribution in [1.82, 2.24) is 10.7 Å². The predicted molar refractivity (Wildman–Crippen MR) is 83.1 cm³/mol. The van der Waals surface area contributed by atoms with Crippen molar-refractivity contribution < 1.29 is 9.59 Å². The summed E-state index contributed by atoms with van der Waals surface area (Å²) < 4.78 is 0. The standard InChI is InChI=1S/C15H15N3O2S/c1-11(12-6-3-2-4-7-12)17-14(19)15(20)18-16-10-13-8-5-9-21-13/h2-11H,1H3,(H,17,19)(H,18,20)/b16-10-/t11-/m0/s1. The van der Waals surface area contributed by atoms with E-state index in [1.807, 2.05) is 54.8 Å². The molecule has 0 saturated heterocycles. The topological polar surface area (TPSA) is 70.6 Å². The Hall–Kier alpha value is -2.47. The quantitative estimate of drug-likeness (QED) is 0.515. The number of hydrogen-bond donors (Lipinski definition) is 2. The number of amides is 2. The van der Waals surface area contributed by atoms with Crippen LogP contribution in [0.15, 0.2) is 52.9 Å². The highest BCUT2D eigenvalue weighted by Gasteiger charge is 2.16. The molecule has 21 heavy (non-hydrogen) atoms. The van der Waals surface area contributed by atoms with Gasteiger partial charge in [0, 0.05) is 4.88 Å². The zero-order valence-corrected chi connectivity index (χ0v) is 12.3. The summed E-state index contributed by atoms with van der Waals surface area (Å²) in [6, 6.07) is 12.9. The molecule has 0 aliphatic rings. The Balaban J connectivity index is 1.84. The SMILES string of the molecule is C[C@H](NC(=O)C(=O)N/N=C\c1cccs1)c1ccccc1. The van der Waals surface area contributed by atoms with Crippen LogP contribution in [0.3, 0.4) is 0 Å². The highest BCUT2D eigenvalue weighted by molar-refractivity contribution is 7.11. The van der Waals surface area contributed by atoms with Crippen molar-refractivity contribution in [2.75, 3.05) is 0 Å². The van der Waals surface area contributed by atoms with Crippen LogP contribution in [-0.4, -0.2) is 18.0 Å². The van der Waals surface area contributed by atoms with E-state index < -0.39 is 11.8 Å². The molecule has 2 aromatic rings. The second kappa shape index (κ2) is 7.35. The molecule has 0 bridgehead atoms. The maximum atomic E-state index is 11.7.